The molecule has 0 bridgehead atoms. The fraction of sp³-hybridized carbons (Fsp3) is 0.250. The molecule has 1 aromatic rings. The van der Waals surface area contributed by atoms with Gasteiger partial charge in [-0.1, -0.05) is 28.1 Å². The molecule has 1 rings (SSSR count). The summed E-state index contributed by atoms with van der Waals surface area (Å²) < 4.78 is 0.564. The van der Waals surface area contributed by atoms with Crippen LogP contribution in [0.15, 0.2) is 16.6 Å². The first-order valence-corrected chi connectivity index (χ1v) is 5.47. The maximum Gasteiger partial charge on any atom is 0.287 e. The van der Waals surface area contributed by atoms with Gasteiger partial charge >= 0.3 is 0 Å². The van der Waals surface area contributed by atoms with Gasteiger partial charge in [0.2, 0.25) is 0 Å². The van der Waals surface area contributed by atoms with Gasteiger partial charge in [-0.15, -0.1) is 0 Å². The summed E-state index contributed by atoms with van der Waals surface area (Å²) in [5.41, 5.74) is 1.70. The lowest BCUT2D eigenvalue weighted by molar-refractivity contribution is -0.386. The van der Waals surface area contributed by atoms with E-state index in [0.717, 1.165) is 5.56 Å². The number of nitro groups is 1. The molecule has 0 saturated heterocycles. The fourth-order valence-corrected chi connectivity index (χ4v) is 1.99. The molecule has 0 atom stereocenters. The highest BCUT2D eigenvalue weighted by molar-refractivity contribution is 9.10. The lowest BCUT2D eigenvalue weighted by Crippen LogP contribution is -1.96. The second-order valence-corrected chi connectivity index (χ2v) is 3.95. The van der Waals surface area contributed by atoms with Crippen molar-refractivity contribution < 1.29 is 4.92 Å². The zero-order chi connectivity index (χ0) is 10.0. The summed E-state index contributed by atoms with van der Waals surface area (Å²) in [6, 6.07) is 3.61. The summed E-state index contributed by atoms with van der Waals surface area (Å²) in [4.78, 5) is 10.3. The van der Waals surface area contributed by atoms with Gasteiger partial charge in [-0.2, -0.15) is 0 Å². The maximum absolute atomic E-state index is 10.7. The summed E-state index contributed by atoms with van der Waals surface area (Å²) in [6.07, 6.45) is 0. The Bertz CT molecular complexity index is 352. The minimum Gasteiger partial charge on any atom is -0.258 e. The highest BCUT2D eigenvalue weighted by Crippen LogP contribution is 2.32. The number of aryl methyl sites for hydroxylation is 1. The molecule has 0 aliphatic carbocycles. The molecule has 0 saturated carbocycles. The number of benzene rings is 1. The molecule has 5 heteroatoms. The first-order valence-electron chi connectivity index (χ1n) is 3.56. The van der Waals surface area contributed by atoms with Gasteiger partial charge in [0.05, 0.1) is 9.40 Å². The second-order valence-electron chi connectivity index (χ2n) is 2.59. The average Bonchev–Trinajstić information content (AvgIpc) is 2.08. The number of nitrogens with zero attached hydrogens (tertiary/aromatic N) is 1. The van der Waals surface area contributed by atoms with E-state index in [1.807, 2.05) is 13.0 Å². The van der Waals surface area contributed by atoms with Crippen LogP contribution in [0.5, 0.6) is 0 Å². The van der Waals surface area contributed by atoms with Crippen LogP contribution in [-0.2, 0) is 5.33 Å². The third kappa shape index (κ3) is 2.08. The number of rotatable bonds is 2. The van der Waals surface area contributed by atoms with E-state index >= 15 is 0 Å². The van der Waals surface area contributed by atoms with E-state index in [2.05, 4.69) is 31.9 Å². The Morgan fingerprint density at radius 3 is 2.62 bits per heavy atom. The number of hydrogen-bond donors (Lipinski definition) is 0. The van der Waals surface area contributed by atoms with Crippen LogP contribution in [-0.4, -0.2) is 4.92 Å². The zero-order valence-electron chi connectivity index (χ0n) is 6.88. The topological polar surface area (TPSA) is 43.1 Å². The molecule has 3 nitrogen and oxygen atoms in total. The van der Waals surface area contributed by atoms with Gasteiger partial charge in [0.25, 0.3) is 5.69 Å². The molecule has 70 valence electrons. The molecule has 0 N–H and O–H groups in total. The Kier molecular flexibility index (Phi) is 3.44. The van der Waals surface area contributed by atoms with Crippen molar-refractivity contribution in [2.45, 2.75) is 12.3 Å². The normalized spacial score (nSPS) is 10.1. The maximum atomic E-state index is 10.7. The third-order valence-corrected chi connectivity index (χ3v) is 3.32. The molecule has 0 amide bonds. The van der Waals surface area contributed by atoms with E-state index in [-0.39, 0.29) is 10.6 Å². The van der Waals surface area contributed by atoms with Gasteiger partial charge in [0, 0.05) is 10.9 Å². The van der Waals surface area contributed by atoms with Crippen LogP contribution in [0.25, 0.3) is 0 Å². The predicted octanol–water partition coefficient (Wildman–Crippen LogP) is 3.56. The van der Waals surface area contributed by atoms with E-state index in [0.29, 0.717) is 15.4 Å². The quantitative estimate of drug-likeness (QED) is 0.476. The van der Waals surface area contributed by atoms with Crippen molar-refractivity contribution >= 4 is 37.5 Å². The van der Waals surface area contributed by atoms with E-state index < -0.39 is 0 Å². The lowest BCUT2D eigenvalue weighted by atomic mass is 10.1. The second kappa shape index (κ2) is 4.19. The SMILES string of the molecule is Cc1ccc(CBr)c([N+](=O)[O-])c1Br. The summed E-state index contributed by atoms with van der Waals surface area (Å²) >= 11 is 6.42. The number of halogens is 2. The van der Waals surface area contributed by atoms with Crippen molar-refractivity contribution in [1.82, 2.24) is 0 Å². The van der Waals surface area contributed by atoms with Crippen LogP contribution >= 0.6 is 31.9 Å². The Hall–Kier alpha value is -0.420. The highest BCUT2D eigenvalue weighted by Gasteiger charge is 2.18. The van der Waals surface area contributed by atoms with Crippen LogP contribution in [0.1, 0.15) is 11.1 Å². The molecule has 13 heavy (non-hydrogen) atoms. The number of alkyl halides is 1. The molecule has 0 radical (unpaired) electrons. The summed E-state index contributed by atoms with van der Waals surface area (Å²) in [5.74, 6) is 0. The third-order valence-electron chi connectivity index (χ3n) is 1.72. The molecule has 0 aromatic heterocycles. The largest absolute Gasteiger partial charge is 0.287 e. The van der Waals surface area contributed by atoms with Crippen molar-refractivity contribution in [2.24, 2.45) is 0 Å². The van der Waals surface area contributed by atoms with Crippen LogP contribution in [0.4, 0.5) is 5.69 Å². The summed E-state index contributed by atoms with van der Waals surface area (Å²) in [6.45, 7) is 1.83. The van der Waals surface area contributed by atoms with Gasteiger partial charge in [0.1, 0.15) is 0 Å². The van der Waals surface area contributed by atoms with E-state index in [1.54, 1.807) is 6.07 Å². The Balaban J connectivity index is 3.41. The van der Waals surface area contributed by atoms with Gasteiger partial charge < -0.3 is 0 Å². The molecular weight excluding hydrogens is 302 g/mol. The molecule has 0 heterocycles. The van der Waals surface area contributed by atoms with Gasteiger partial charge in [-0.05, 0) is 28.4 Å². The smallest absolute Gasteiger partial charge is 0.258 e. The molecular formula is C8H7Br2NO2. The molecule has 0 unspecified atom stereocenters. The lowest BCUT2D eigenvalue weighted by Gasteiger charge is -2.03. The van der Waals surface area contributed by atoms with Crippen LogP contribution < -0.4 is 0 Å². The van der Waals surface area contributed by atoms with Crippen LogP contribution in [0.3, 0.4) is 0 Å². The van der Waals surface area contributed by atoms with E-state index in [1.165, 1.54) is 0 Å². The van der Waals surface area contributed by atoms with E-state index in [4.69, 9.17) is 0 Å². The van der Waals surface area contributed by atoms with Crippen molar-refractivity contribution in [3.63, 3.8) is 0 Å². The van der Waals surface area contributed by atoms with Crippen molar-refractivity contribution in [3.05, 3.63) is 37.8 Å². The first kappa shape index (κ1) is 10.7. The Morgan fingerprint density at radius 1 is 1.54 bits per heavy atom. The van der Waals surface area contributed by atoms with Crippen molar-refractivity contribution in [3.8, 4) is 0 Å². The van der Waals surface area contributed by atoms with Crippen molar-refractivity contribution in [1.29, 1.82) is 0 Å². The number of hydrogen-bond acceptors (Lipinski definition) is 2. The zero-order valence-corrected chi connectivity index (χ0v) is 10.1. The first-order chi connectivity index (χ1) is 6.07. The Labute approximate surface area is 92.5 Å². The fourth-order valence-electron chi connectivity index (χ4n) is 1.01. The highest BCUT2D eigenvalue weighted by atomic mass is 79.9. The summed E-state index contributed by atoms with van der Waals surface area (Å²) in [5, 5.41) is 11.2. The molecule has 0 spiro atoms. The van der Waals surface area contributed by atoms with E-state index in [9.17, 15) is 10.1 Å². The van der Waals surface area contributed by atoms with Gasteiger partial charge in [-0.3, -0.25) is 10.1 Å². The number of nitro benzene ring substituents is 1. The molecule has 0 fully saturated rings. The van der Waals surface area contributed by atoms with Crippen LogP contribution in [0.2, 0.25) is 0 Å². The molecule has 0 aliphatic rings. The van der Waals surface area contributed by atoms with Gasteiger partial charge in [-0.25, -0.2) is 0 Å². The summed E-state index contributed by atoms with van der Waals surface area (Å²) in [7, 11) is 0. The average molecular weight is 309 g/mol. The Morgan fingerprint density at radius 2 is 2.15 bits per heavy atom. The van der Waals surface area contributed by atoms with Crippen molar-refractivity contribution in [2.75, 3.05) is 0 Å². The van der Waals surface area contributed by atoms with Crippen LogP contribution in [0, 0.1) is 17.0 Å². The molecule has 1 aromatic carbocycles. The molecule has 0 aliphatic heterocycles. The minimum atomic E-state index is -0.367. The van der Waals surface area contributed by atoms with Gasteiger partial charge in [0.15, 0.2) is 0 Å². The standard InChI is InChI=1S/C8H7Br2NO2/c1-5-2-3-6(4-9)8(7(5)10)11(12)13/h2-3H,4H2,1H3. The monoisotopic (exact) mass is 307 g/mol. The predicted molar refractivity (Wildman–Crippen MR) is 58.2 cm³/mol. The minimum absolute atomic E-state index is 0.150.